The SMILES string of the molecule is COc1ccc(C/C(C(=O)c2ccc(OC)c(OC)c2)=C(\C(=O)[O-])c2ccc3nsnc3c2)cc1OC.[Na+]. The summed E-state index contributed by atoms with van der Waals surface area (Å²) < 4.78 is 29.7. The van der Waals surface area contributed by atoms with Crippen molar-refractivity contribution in [2.45, 2.75) is 6.42 Å². The summed E-state index contributed by atoms with van der Waals surface area (Å²) in [5.74, 6) is -0.277. The van der Waals surface area contributed by atoms with Gasteiger partial charge in [0.25, 0.3) is 0 Å². The van der Waals surface area contributed by atoms with Gasteiger partial charge in [-0.2, -0.15) is 8.75 Å². The molecule has 0 unspecified atom stereocenters. The van der Waals surface area contributed by atoms with Crippen LogP contribution in [0.1, 0.15) is 21.5 Å². The molecule has 4 aromatic rings. The molecule has 0 fully saturated rings. The third-order valence-corrected chi connectivity index (χ3v) is 6.35. The Morgan fingerprint density at radius 3 is 1.95 bits per heavy atom. The van der Waals surface area contributed by atoms with Gasteiger partial charge in [0.05, 0.1) is 46.1 Å². The first kappa shape index (κ1) is 29.1. The predicted octanol–water partition coefficient (Wildman–Crippen LogP) is 0.359. The number of carbonyl (C=O) groups is 2. The average Bonchev–Trinajstić information content (AvgIpc) is 3.39. The zero-order valence-electron chi connectivity index (χ0n) is 21.6. The summed E-state index contributed by atoms with van der Waals surface area (Å²) in [7, 11) is 5.95. The van der Waals surface area contributed by atoms with Gasteiger partial charge in [-0.3, -0.25) is 4.79 Å². The van der Waals surface area contributed by atoms with Gasteiger partial charge in [0, 0.05) is 23.1 Å². The molecule has 0 atom stereocenters. The zero-order chi connectivity index (χ0) is 26.5. The Kier molecular flexibility index (Phi) is 9.87. The van der Waals surface area contributed by atoms with Crippen LogP contribution in [0.3, 0.4) is 0 Å². The largest absolute Gasteiger partial charge is 1.00 e. The molecule has 0 amide bonds. The number of Topliss-reactive ketones (excluding diaryl/α,β-unsaturated/α-hetero) is 1. The first-order valence-corrected chi connectivity index (χ1v) is 11.8. The Labute approximate surface area is 245 Å². The predicted molar refractivity (Wildman–Crippen MR) is 136 cm³/mol. The molecule has 0 N–H and O–H groups in total. The Morgan fingerprint density at radius 1 is 0.737 bits per heavy atom. The van der Waals surface area contributed by atoms with Gasteiger partial charge in [-0.1, -0.05) is 12.1 Å². The molecule has 0 bridgehead atoms. The average molecular weight is 543 g/mol. The first-order chi connectivity index (χ1) is 17.9. The third kappa shape index (κ3) is 5.99. The van der Waals surface area contributed by atoms with Crippen molar-refractivity contribution in [2.75, 3.05) is 28.4 Å². The number of ether oxygens (including phenoxy) is 4. The second kappa shape index (κ2) is 12.9. The number of allylic oxidation sites excluding steroid dienone is 1. The first-order valence-electron chi connectivity index (χ1n) is 11.0. The van der Waals surface area contributed by atoms with E-state index in [2.05, 4.69) is 8.75 Å². The van der Waals surface area contributed by atoms with E-state index in [9.17, 15) is 14.7 Å². The van der Waals surface area contributed by atoms with E-state index >= 15 is 0 Å². The fourth-order valence-corrected chi connectivity index (χ4v) is 4.50. The summed E-state index contributed by atoms with van der Waals surface area (Å²) in [6, 6.07) is 14.6. The van der Waals surface area contributed by atoms with Crippen molar-refractivity contribution in [1.82, 2.24) is 8.75 Å². The minimum atomic E-state index is -1.49. The van der Waals surface area contributed by atoms with Gasteiger partial charge in [0.15, 0.2) is 28.8 Å². The molecular formula is C27H23N2NaO7S. The number of benzene rings is 3. The molecule has 38 heavy (non-hydrogen) atoms. The molecule has 0 aliphatic carbocycles. The fourth-order valence-electron chi connectivity index (χ4n) is 3.98. The maximum absolute atomic E-state index is 13.9. The van der Waals surface area contributed by atoms with Crippen LogP contribution in [0.4, 0.5) is 0 Å². The second-order valence-electron chi connectivity index (χ2n) is 7.87. The van der Waals surface area contributed by atoms with Gasteiger partial charge in [0.1, 0.15) is 11.0 Å². The van der Waals surface area contributed by atoms with Crippen LogP contribution in [0.25, 0.3) is 16.6 Å². The van der Waals surface area contributed by atoms with Crippen molar-refractivity contribution in [3.8, 4) is 23.0 Å². The van der Waals surface area contributed by atoms with Crippen LogP contribution < -0.4 is 53.6 Å². The number of aromatic nitrogens is 2. The maximum Gasteiger partial charge on any atom is 1.00 e. The van der Waals surface area contributed by atoms with E-state index in [0.29, 0.717) is 39.6 Å². The summed E-state index contributed by atoms with van der Waals surface area (Å²) in [5.41, 5.74) is 2.06. The number of carbonyl (C=O) groups excluding carboxylic acids is 2. The van der Waals surface area contributed by atoms with Crippen LogP contribution in [0.15, 0.2) is 60.2 Å². The van der Waals surface area contributed by atoms with Crippen molar-refractivity contribution in [3.63, 3.8) is 0 Å². The van der Waals surface area contributed by atoms with E-state index < -0.39 is 11.8 Å². The molecule has 190 valence electrons. The number of hydrogen-bond donors (Lipinski definition) is 0. The van der Waals surface area contributed by atoms with Crippen molar-refractivity contribution in [1.29, 1.82) is 0 Å². The van der Waals surface area contributed by atoms with Crippen LogP contribution in [0, 0.1) is 0 Å². The van der Waals surface area contributed by atoms with Crippen molar-refractivity contribution < 1.29 is 63.2 Å². The van der Waals surface area contributed by atoms with E-state index in [4.69, 9.17) is 18.9 Å². The summed E-state index contributed by atoms with van der Waals surface area (Å²) >= 11 is 1.01. The zero-order valence-corrected chi connectivity index (χ0v) is 24.4. The van der Waals surface area contributed by atoms with E-state index in [1.165, 1.54) is 34.5 Å². The minimum Gasteiger partial charge on any atom is -0.545 e. The molecule has 0 saturated carbocycles. The van der Waals surface area contributed by atoms with Gasteiger partial charge in [-0.15, -0.1) is 0 Å². The molecule has 0 radical (unpaired) electrons. The Bertz CT molecular complexity index is 1520. The molecule has 0 aliphatic heterocycles. The minimum absolute atomic E-state index is 0. The van der Waals surface area contributed by atoms with Crippen LogP contribution in [-0.4, -0.2) is 48.9 Å². The number of hydrogen-bond acceptors (Lipinski definition) is 10. The number of aliphatic carboxylic acids is 1. The van der Waals surface area contributed by atoms with Gasteiger partial charge in [-0.05, 0) is 53.6 Å². The number of carboxylic acid groups (broad SMARTS) is 1. The van der Waals surface area contributed by atoms with Gasteiger partial charge >= 0.3 is 29.6 Å². The molecule has 4 rings (SSSR count). The summed E-state index contributed by atoms with van der Waals surface area (Å²) in [4.78, 5) is 26.4. The smallest absolute Gasteiger partial charge is 0.545 e. The van der Waals surface area contributed by atoms with E-state index in [0.717, 1.165) is 11.7 Å². The number of ketones is 1. The number of methoxy groups -OCH3 is 4. The topological polar surface area (TPSA) is 120 Å². The summed E-state index contributed by atoms with van der Waals surface area (Å²) in [6.45, 7) is 0. The molecule has 1 heterocycles. The molecule has 9 nitrogen and oxygen atoms in total. The molecule has 0 spiro atoms. The van der Waals surface area contributed by atoms with Gasteiger partial charge in [-0.25, -0.2) is 0 Å². The number of rotatable bonds is 10. The van der Waals surface area contributed by atoms with Gasteiger partial charge < -0.3 is 28.8 Å². The normalized spacial score (nSPS) is 11.3. The van der Waals surface area contributed by atoms with Crippen LogP contribution in [-0.2, 0) is 11.2 Å². The molecule has 0 aliphatic rings. The van der Waals surface area contributed by atoms with E-state index in [-0.39, 0.29) is 58.3 Å². The number of nitrogens with zero attached hydrogens (tertiary/aromatic N) is 2. The number of carboxylic acids is 1. The third-order valence-electron chi connectivity index (χ3n) is 5.80. The van der Waals surface area contributed by atoms with Gasteiger partial charge in [0.2, 0.25) is 0 Å². The Hall–Kier alpha value is -3.44. The summed E-state index contributed by atoms with van der Waals surface area (Å²) in [6.07, 6.45) is -0.0236. The maximum atomic E-state index is 13.9. The van der Waals surface area contributed by atoms with Crippen LogP contribution >= 0.6 is 11.7 Å². The summed E-state index contributed by atoms with van der Waals surface area (Å²) in [5, 5.41) is 12.5. The molecule has 1 aromatic heterocycles. The van der Waals surface area contributed by atoms with Crippen LogP contribution in [0.2, 0.25) is 0 Å². The standard InChI is InChI=1S/C27H24N2O7S.Na/c1-33-21-9-5-15(12-23(21)35-3)11-18(26(30)17-7-10-22(34-2)24(14-17)36-4)25(27(31)32)16-6-8-19-20(13-16)29-37-28-19;/h5-10,12-14H,11H2,1-4H3,(H,31,32);/q;+1/p-1/b25-18+;. The van der Waals surface area contributed by atoms with Crippen LogP contribution in [0.5, 0.6) is 23.0 Å². The Balaban J connectivity index is 0.00000400. The second-order valence-corrected chi connectivity index (χ2v) is 8.40. The Morgan fingerprint density at radius 2 is 1.32 bits per heavy atom. The quantitative estimate of drug-likeness (QED) is 0.159. The van der Waals surface area contributed by atoms with Crippen molar-refractivity contribution in [2.24, 2.45) is 0 Å². The molecule has 11 heteroatoms. The molecule has 3 aromatic carbocycles. The number of fused-ring (bicyclic) bond motifs is 1. The monoisotopic (exact) mass is 542 g/mol. The van der Waals surface area contributed by atoms with E-state index in [1.54, 1.807) is 48.5 Å². The fraction of sp³-hybridized carbons (Fsp3) is 0.185. The molecule has 0 saturated heterocycles. The van der Waals surface area contributed by atoms with E-state index in [1.807, 2.05) is 0 Å². The molecular weight excluding hydrogens is 519 g/mol. The van der Waals surface area contributed by atoms with Crippen molar-refractivity contribution >= 4 is 40.1 Å². The van der Waals surface area contributed by atoms with Crippen molar-refractivity contribution in [3.05, 3.63) is 76.9 Å².